The van der Waals surface area contributed by atoms with E-state index in [0.29, 0.717) is 0 Å². The van der Waals surface area contributed by atoms with Gasteiger partial charge in [0.05, 0.1) is 23.7 Å². The Labute approximate surface area is 95.9 Å². The molecule has 0 aliphatic rings. The fraction of sp³-hybridized carbons (Fsp3) is 0.0909. The van der Waals surface area contributed by atoms with Gasteiger partial charge in [0, 0.05) is 11.4 Å². The predicted octanol–water partition coefficient (Wildman–Crippen LogP) is 2.70. The summed E-state index contributed by atoms with van der Waals surface area (Å²) in [7, 11) is 1.65. The van der Waals surface area contributed by atoms with Gasteiger partial charge in [-0.25, -0.2) is 9.97 Å². The number of benzene rings is 1. The van der Waals surface area contributed by atoms with Gasteiger partial charge < -0.3 is 9.72 Å². The van der Waals surface area contributed by atoms with Crippen LogP contribution in [0.5, 0.6) is 5.75 Å². The second-order valence-corrected chi connectivity index (χ2v) is 4.06. The van der Waals surface area contributed by atoms with E-state index < -0.39 is 0 Å². The number of hydrogen-bond donors (Lipinski definition) is 1. The number of aromatic nitrogens is 3. The summed E-state index contributed by atoms with van der Waals surface area (Å²) < 4.78 is 5.16. The molecule has 0 saturated carbocycles. The Bertz CT molecular complexity index is 615. The van der Waals surface area contributed by atoms with Crippen molar-refractivity contribution in [2.75, 3.05) is 7.11 Å². The second-order valence-electron chi connectivity index (χ2n) is 3.34. The third kappa shape index (κ3) is 1.45. The predicted molar refractivity (Wildman–Crippen MR) is 63.8 cm³/mol. The fourth-order valence-electron chi connectivity index (χ4n) is 1.57. The highest BCUT2D eigenvalue weighted by Gasteiger charge is 2.07. The van der Waals surface area contributed by atoms with Crippen molar-refractivity contribution in [1.82, 2.24) is 15.0 Å². The quantitative estimate of drug-likeness (QED) is 0.741. The summed E-state index contributed by atoms with van der Waals surface area (Å²) in [5.74, 6) is 1.62. The van der Waals surface area contributed by atoms with Crippen molar-refractivity contribution in [3.8, 4) is 17.3 Å². The van der Waals surface area contributed by atoms with Crippen LogP contribution in [-0.2, 0) is 0 Å². The van der Waals surface area contributed by atoms with Gasteiger partial charge in [-0.3, -0.25) is 0 Å². The van der Waals surface area contributed by atoms with Crippen LogP contribution in [0.3, 0.4) is 0 Å². The molecule has 0 fully saturated rings. The number of fused-ring (bicyclic) bond motifs is 1. The summed E-state index contributed by atoms with van der Waals surface area (Å²) in [5, 5.41) is 1.97. The zero-order chi connectivity index (χ0) is 11.0. The number of methoxy groups -OCH3 is 1. The van der Waals surface area contributed by atoms with Crippen LogP contribution in [0.25, 0.3) is 22.6 Å². The van der Waals surface area contributed by atoms with Crippen molar-refractivity contribution >= 4 is 22.4 Å². The van der Waals surface area contributed by atoms with Crippen molar-refractivity contribution < 1.29 is 4.74 Å². The Morgan fingerprint density at radius 1 is 1.38 bits per heavy atom. The third-order valence-electron chi connectivity index (χ3n) is 2.36. The number of nitrogens with zero attached hydrogens (tertiary/aromatic N) is 2. The molecule has 2 aromatic heterocycles. The van der Waals surface area contributed by atoms with E-state index in [4.69, 9.17) is 4.74 Å². The minimum atomic E-state index is 0.796. The van der Waals surface area contributed by atoms with Gasteiger partial charge in [0.1, 0.15) is 11.4 Å². The molecule has 0 unspecified atom stereocenters. The maximum atomic E-state index is 5.16. The normalized spacial score (nSPS) is 10.8. The Kier molecular flexibility index (Phi) is 2.11. The first-order valence-corrected chi connectivity index (χ1v) is 5.73. The number of H-pyrrole nitrogens is 1. The average molecular weight is 234 g/mol. The number of ether oxygens (including phenoxy) is 1. The van der Waals surface area contributed by atoms with E-state index >= 15 is 0 Å². The summed E-state index contributed by atoms with van der Waals surface area (Å²) in [6, 6.07) is 5.76. The average Bonchev–Trinajstić information content (AvgIpc) is 2.96. The van der Waals surface area contributed by atoms with Crippen molar-refractivity contribution in [2.24, 2.45) is 0 Å². The molecule has 5 heteroatoms. The lowest BCUT2D eigenvalue weighted by Crippen LogP contribution is -1.81. The molecule has 0 aliphatic carbocycles. The van der Waals surface area contributed by atoms with E-state index in [2.05, 4.69) is 15.0 Å². The molecule has 0 bridgehead atoms. The molecule has 0 amide bonds. The summed E-state index contributed by atoms with van der Waals surface area (Å²) in [4.78, 5) is 11.9. The maximum Gasteiger partial charge on any atom is 0.158 e. The topological polar surface area (TPSA) is 50.8 Å². The third-order valence-corrected chi connectivity index (χ3v) is 2.95. The van der Waals surface area contributed by atoms with Gasteiger partial charge in [0.15, 0.2) is 5.82 Å². The molecule has 0 spiro atoms. The van der Waals surface area contributed by atoms with Crippen molar-refractivity contribution in [3.63, 3.8) is 0 Å². The van der Waals surface area contributed by atoms with Crippen molar-refractivity contribution in [3.05, 3.63) is 29.1 Å². The van der Waals surface area contributed by atoms with Gasteiger partial charge in [-0.05, 0) is 12.1 Å². The van der Waals surface area contributed by atoms with E-state index in [1.54, 1.807) is 24.0 Å². The zero-order valence-corrected chi connectivity index (χ0v) is 9.41. The minimum absolute atomic E-state index is 0.796. The molecule has 80 valence electrons. The van der Waals surface area contributed by atoms with Gasteiger partial charge in [-0.15, -0.1) is 11.3 Å². The van der Waals surface area contributed by atoms with Gasteiger partial charge in [0.25, 0.3) is 0 Å². The van der Waals surface area contributed by atoms with E-state index in [-0.39, 0.29) is 0 Å². The molecule has 0 atom stereocenters. The van der Waals surface area contributed by atoms with Crippen LogP contribution in [0, 0.1) is 0 Å². The van der Waals surface area contributed by atoms with Crippen LogP contribution >= 0.6 is 11.3 Å². The van der Waals surface area contributed by atoms with E-state index in [1.807, 2.05) is 23.6 Å². The Balaban J connectivity index is 2.16. The Morgan fingerprint density at radius 2 is 2.31 bits per heavy atom. The summed E-state index contributed by atoms with van der Waals surface area (Å²) in [6.07, 6.45) is 0. The van der Waals surface area contributed by atoms with Crippen molar-refractivity contribution in [1.29, 1.82) is 0 Å². The van der Waals surface area contributed by atoms with E-state index in [9.17, 15) is 0 Å². The molecular weight excluding hydrogens is 225 g/mol. The zero-order valence-electron chi connectivity index (χ0n) is 8.60. The fourth-order valence-corrected chi connectivity index (χ4v) is 2.10. The molecule has 0 radical (unpaired) electrons. The van der Waals surface area contributed by atoms with Crippen LogP contribution in [0.15, 0.2) is 29.1 Å². The van der Waals surface area contributed by atoms with Gasteiger partial charge in [0.2, 0.25) is 0 Å². The van der Waals surface area contributed by atoms with Crippen molar-refractivity contribution in [2.45, 2.75) is 0 Å². The molecular formula is C11H9N3OS. The van der Waals surface area contributed by atoms with Crippen LogP contribution < -0.4 is 4.74 Å². The lowest BCUT2D eigenvalue weighted by Gasteiger charge is -1.96. The molecule has 1 N–H and O–H groups in total. The standard InChI is InChI=1S/C11H9N3OS/c1-15-7-2-3-8-9(4-7)14-11(13-8)10-5-16-6-12-10/h2-6H,1H3,(H,13,14)/i10+1,11+1,14+1. The number of rotatable bonds is 2. The first kappa shape index (κ1) is 9.35. The lowest BCUT2D eigenvalue weighted by molar-refractivity contribution is 0.415. The van der Waals surface area contributed by atoms with Gasteiger partial charge in [-0.1, -0.05) is 0 Å². The molecule has 16 heavy (non-hydrogen) atoms. The summed E-state index contributed by atoms with van der Waals surface area (Å²) >= 11 is 1.56. The smallest absolute Gasteiger partial charge is 0.158 e. The number of imidazole rings is 1. The van der Waals surface area contributed by atoms with Crippen LogP contribution in [0.1, 0.15) is 0 Å². The number of thiazole rings is 1. The molecule has 4 nitrogen and oxygen atoms in total. The maximum absolute atomic E-state index is 5.16. The first-order chi connectivity index (χ1) is 7.86. The molecule has 0 aliphatic heterocycles. The minimum Gasteiger partial charge on any atom is -0.497 e. The highest BCUT2D eigenvalue weighted by molar-refractivity contribution is 7.07. The summed E-state index contributed by atoms with van der Waals surface area (Å²) in [6.45, 7) is 0. The largest absolute Gasteiger partial charge is 0.497 e. The highest BCUT2D eigenvalue weighted by Crippen LogP contribution is 2.23. The molecule has 3 aromatic rings. The van der Waals surface area contributed by atoms with E-state index in [1.165, 1.54) is 0 Å². The van der Waals surface area contributed by atoms with Gasteiger partial charge >= 0.3 is 0 Å². The number of hydrogen-bond acceptors (Lipinski definition) is 4. The lowest BCUT2D eigenvalue weighted by atomic mass is 10.3. The summed E-state index contributed by atoms with van der Waals surface area (Å²) in [5.41, 5.74) is 4.55. The highest BCUT2D eigenvalue weighted by atomic mass is 32.1. The molecule has 1 aromatic carbocycles. The molecule has 2 heterocycles. The van der Waals surface area contributed by atoms with E-state index in [0.717, 1.165) is 28.3 Å². The Hall–Kier alpha value is -1.88. The SMILES string of the molecule is COc1ccc2n[13c](-[13c]3cscn3)[15nH]c2c1. The van der Waals surface area contributed by atoms with Crippen LogP contribution in [0.4, 0.5) is 0 Å². The van der Waals surface area contributed by atoms with Crippen LogP contribution in [-0.4, -0.2) is 22.1 Å². The van der Waals surface area contributed by atoms with Crippen LogP contribution in [0.2, 0.25) is 0 Å². The second kappa shape index (κ2) is 3.61. The molecule has 3 rings (SSSR count). The first-order valence-electron chi connectivity index (χ1n) is 4.79. The number of nitrogens with one attached hydrogen (secondary N) is 1. The molecule has 0 saturated heterocycles. The van der Waals surface area contributed by atoms with Gasteiger partial charge in [-0.2, -0.15) is 0 Å². The monoisotopic (exact) mass is 234 g/mol. The Morgan fingerprint density at radius 3 is 3.06 bits per heavy atom. The number of aromatic amines is 1.